The maximum Gasteiger partial charge on any atom is 1.00 e. The number of phenolic OH excluding ortho intramolecular Hbond substituents is 1. The molecule has 12 nitrogen and oxygen atoms in total. The smallest absolute Gasteiger partial charge is 0.744 e. The van der Waals surface area contributed by atoms with Crippen molar-refractivity contribution < 1.29 is 57.2 Å². The van der Waals surface area contributed by atoms with Gasteiger partial charge in [-0.3, -0.25) is 20.4 Å². The summed E-state index contributed by atoms with van der Waals surface area (Å²) in [6.07, 6.45) is 1.23. The molecule has 17 heteroatoms. The zero-order valence-electron chi connectivity index (χ0n) is 23.6. The molecule has 228 valence electrons. The molecule has 0 saturated heterocycles. The van der Waals surface area contributed by atoms with E-state index in [4.69, 9.17) is 12.2 Å². The number of amides is 2. The number of carbonyl (C=O) groups is 2. The van der Waals surface area contributed by atoms with Crippen LogP contribution >= 0.6 is 44.1 Å². The molecular formula is C28H23Br2N6NaO6S2. The summed E-state index contributed by atoms with van der Waals surface area (Å²) in [5, 5.41) is 21.7. The summed E-state index contributed by atoms with van der Waals surface area (Å²) in [7, 11) is -4.61. The fourth-order valence-electron chi connectivity index (χ4n) is 3.80. The number of hydrogen-bond acceptors (Lipinski definition) is 9. The predicted octanol–water partition coefficient (Wildman–Crippen LogP) is 1.24. The number of hydrazine groups is 1. The van der Waals surface area contributed by atoms with Crippen LogP contribution in [0, 0.1) is 6.92 Å². The minimum absolute atomic E-state index is 0. The number of thiocarbonyl (C=S) groups is 1. The largest absolute Gasteiger partial charge is 1.00 e. The Morgan fingerprint density at radius 1 is 0.956 bits per heavy atom. The topological polar surface area (TPSA) is 184 Å². The number of hydrazone groups is 1. The quantitative estimate of drug-likeness (QED) is 0.0380. The first-order chi connectivity index (χ1) is 20.8. The number of nitrogens with zero attached hydrogens (tertiary/aromatic N) is 1. The molecule has 0 bridgehead atoms. The van der Waals surface area contributed by atoms with Crippen LogP contribution in [0.5, 0.6) is 5.75 Å². The molecule has 0 aliphatic carbocycles. The van der Waals surface area contributed by atoms with Crippen molar-refractivity contribution in [2.75, 3.05) is 10.6 Å². The first kappa shape index (κ1) is 36.4. The molecular weight excluding hydrogens is 763 g/mol. The van der Waals surface area contributed by atoms with E-state index >= 15 is 0 Å². The van der Waals surface area contributed by atoms with Gasteiger partial charge in [0, 0.05) is 21.4 Å². The Bertz CT molecular complexity index is 1890. The van der Waals surface area contributed by atoms with Gasteiger partial charge < -0.3 is 20.3 Å². The first-order valence-corrected chi connectivity index (χ1v) is 15.9. The molecule has 0 aliphatic rings. The Morgan fingerprint density at radius 2 is 1.60 bits per heavy atom. The molecule has 4 rings (SSSR count). The molecule has 0 fully saturated rings. The SMILES string of the molecule is Cc1c(Br)cc(/C=N/NC(=O)C(Nc2ccc3ccccc3c2)C(=O)NNC(=S)Nc2ccc(S(=O)(=O)[O-])cc2)c(O)c1Br.[Na+]. The van der Waals surface area contributed by atoms with E-state index in [1.807, 2.05) is 30.3 Å². The Balaban J connectivity index is 0.00000552. The number of aromatic hydroxyl groups is 1. The number of phenols is 1. The maximum atomic E-state index is 13.2. The fraction of sp³-hybridized carbons (Fsp3) is 0.0714. The van der Waals surface area contributed by atoms with Gasteiger partial charge in [0.1, 0.15) is 15.9 Å². The number of hydrogen-bond donors (Lipinski definition) is 6. The van der Waals surface area contributed by atoms with Crippen molar-refractivity contribution >= 4 is 99.5 Å². The third kappa shape index (κ3) is 9.70. The molecule has 0 spiro atoms. The van der Waals surface area contributed by atoms with E-state index in [0.29, 0.717) is 25.9 Å². The van der Waals surface area contributed by atoms with Crippen molar-refractivity contribution in [1.29, 1.82) is 0 Å². The predicted molar refractivity (Wildman–Crippen MR) is 177 cm³/mol. The van der Waals surface area contributed by atoms with E-state index in [1.54, 1.807) is 25.1 Å². The van der Waals surface area contributed by atoms with E-state index < -0.39 is 32.9 Å². The average molecular weight is 786 g/mol. The van der Waals surface area contributed by atoms with Crippen LogP contribution in [0.2, 0.25) is 0 Å². The summed E-state index contributed by atoms with van der Waals surface area (Å²) >= 11 is 11.9. The van der Waals surface area contributed by atoms with Crippen molar-refractivity contribution in [3.63, 3.8) is 0 Å². The average Bonchev–Trinajstić information content (AvgIpc) is 2.99. The fourth-order valence-corrected chi connectivity index (χ4v) is 5.60. The molecule has 6 N–H and O–H groups in total. The van der Waals surface area contributed by atoms with E-state index in [-0.39, 0.29) is 40.4 Å². The van der Waals surface area contributed by atoms with Crippen molar-refractivity contribution in [3.8, 4) is 5.75 Å². The van der Waals surface area contributed by atoms with Gasteiger partial charge in [-0.25, -0.2) is 13.8 Å². The monoisotopic (exact) mass is 784 g/mol. The molecule has 1 unspecified atom stereocenters. The van der Waals surface area contributed by atoms with Crippen LogP contribution in [0.1, 0.15) is 11.1 Å². The van der Waals surface area contributed by atoms with Gasteiger partial charge in [-0.1, -0.05) is 46.3 Å². The van der Waals surface area contributed by atoms with Crippen molar-refractivity contribution in [2.24, 2.45) is 5.10 Å². The summed E-state index contributed by atoms with van der Waals surface area (Å²) in [6, 6.07) is 17.8. The Morgan fingerprint density at radius 3 is 2.27 bits per heavy atom. The number of anilines is 2. The molecule has 0 saturated carbocycles. The van der Waals surface area contributed by atoms with Crippen molar-refractivity contribution in [2.45, 2.75) is 17.9 Å². The molecule has 45 heavy (non-hydrogen) atoms. The van der Waals surface area contributed by atoms with Crippen molar-refractivity contribution in [3.05, 3.63) is 92.9 Å². The van der Waals surface area contributed by atoms with Gasteiger partial charge in [0.25, 0.3) is 11.8 Å². The van der Waals surface area contributed by atoms with Gasteiger partial charge in [0.05, 0.1) is 15.6 Å². The van der Waals surface area contributed by atoms with Crippen LogP contribution in [-0.4, -0.2) is 47.3 Å². The number of benzene rings is 4. The minimum atomic E-state index is -4.61. The molecule has 0 heterocycles. The molecule has 4 aromatic rings. The van der Waals surface area contributed by atoms with Gasteiger partial charge >= 0.3 is 29.6 Å². The second-order valence-electron chi connectivity index (χ2n) is 9.16. The standard InChI is InChI=1S/C28H24Br2N6O6S2.Na/c1-15-22(29)13-18(25(37)23(15)30)14-31-34-26(38)24(32-20-7-6-16-4-2-3-5-17(16)12-20)27(39)35-36-28(43)33-19-8-10-21(11-9-19)44(40,41)42;/h2-14,24,32,37H,1H3,(H,34,38)(H,35,39)(H2,33,36,43)(H,40,41,42);/q;+1/p-1/b31-14+;. The summed E-state index contributed by atoms with van der Waals surface area (Å²) in [4.78, 5) is 26.0. The van der Waals surface area contributed by atoms with Gasteiger partial charge in [-0.15, -0.1) is 0 Å². The van der Waals surface area contributed by atoms with Crippen LogP contribution < -0.4 is 56.5 Å². The van der Waals surface area contributed by atoms with E-state index in [2.05, 4.69) is 63.9 Å². The van der Waals surface area contributed by atoms with Crippen LogP contribution in [-0.2, 0) is 19.7 Å². The number of rotatable bonds is 8. The van der Waals surface area contributed by atoms with E-state index in [1.165, 1.54) is 18.3 Å². The second-order valence-corrected chi connectivity index (χ2v) is 12.6. The number of halogens is 2. The van der Waals surface area contributed by atoms with Gasteiger partial charge in [0.15, 0.2) is 11.2 Å². The summed E-state index contributed by atoms with van der Waals surface area (Å²) < 4.78 is 34.5. The number of nitrogens with one attached hydrogen (secondary N) is 5. The normalized spacial score (nSPS) is 11.7. The molecule has 4 aromatic carbocycles. The molecule has 0 radical (unpaired) electrons. The zero-order valence-corrected chi connectivity index (χ0v) is 30.4. The van der Waals surface area contributed by atoms with Gasteiger partial charge in [-0.2, -0.15) is 5.10 Å². The van der Waals surface area contributed by atoms with Crippen LogP contribution in [0.25, 0.3) is 10.8 Å². The van der Waals surface area contributed by atoms with E-state index in [0.717, 1.165) is 28.5 Å². The Labute approximate surface area is 302 Å². The number of fused-ring (bicyclic) bond motifs is 1. The van der Waals surface area contributed by atoms with Crippen LogP contribution in [0.15, 0.2) is 91.7 Å². The first-order valence-electron chi connectivity index (χ1n) is 12.5. The third-order valence-corrected chi connectivity index (χ3v) is 8.96. The van der Waals surface area contributed by atoms with Crippen LogP contribution in [0.4, 0.5) is 11.4 Å². The minimum Gasteiger partial charge on any atom is -0.744 e. The second kappa shape index (κ2) is 16.0. The van der Waals surface area contributed by atoms with E-state index in [9.17, 15) is 27.7 Å². The molecule has 2 amide bonds. The summed E-state index contributed by atoms with van der Waals surface area (Å²) in [5.74, 6) is -1.74. The molecule has 1 atom stereocenters. The summed E-state index contributed by atoms with van der Waals surface area (Å²) in [6.45, 7) is 1.80. The number of carbonyl (C=O) groups excluding carboxylic acids is 2. The summed E-state index contributed by atoms with van der Waals surface area (Å²) in [5.41, 5.74) is 9.01. The van der Waals surface area contributed by atoms with Gasteiger partial charge in [0.2, 0.25) is 0 Å². The zero-order chi connectivity index (χ0) is 32.0. The van der Waals surface area contributed by atoms with Crippen molar-refractivity contribution in [1.82, 2.24) is 16.3 Å². The molecule has 0 aliphatic heterocycles. The third-order valence-electron chi connectivity index (χ3n) is 6.11. The van der Waals surface area contributed by atoms with Crippen LogP contribution in [0.3, 0.4) is 0 Å². The maximum absolute atomic E-state index is 13.2. The molecule has 0 aromatic heterocycles. The van der Waals surface area contributed by atoms with Gasteiger partial charge in [-0.05, 0) is 93.9 Å². The Hall–Kier alpha value is -3.09. The Kier molecular flexibility index (Phi) is 12.9.